The van der Waals surface area contributed by atoms with Gasteiger partial charge in [0.05, 0.1) is 0 Å². The predicted octanol–water partition coefficient (Wildman–Crippen LogP) is 2.57. The quantitative estimate of drug-likeness (QED) is 0.868. The number of hydrogen-bond acceptors (Lipinski definition) is 3. The molecular weight excluding hydrogens is 284 g/mol. The van der Waals surface area contributed by atoms with E-state index in [0.29, 0.717) is 18.1 Å². The van der Waals surface area contributed by atoms with Crippen molar-refractivity contribution >= 4 is 23.6 Å². The van der Waals surface area contributed by atoms with E-state index >= 15 is 0 Å². The van der Waals surface area contributed by atoms with Crippen LogP contribution in [0.2, 0.25) is 0 Å². The van der Waals surface area contributed by atoms with Crippen LogP contribution in [-0.4, -0.2) is 45.8 Å². The summed E-state index contributed by atoms with van der Waals surface area (Å²) in [5, 5.41) is 3.42. The van der Waals surface area contributed by atoms with Gasteiger partial charge in [0.2, 0.25) is 11.8 Å². The maximum absolute atomic E-state index is 13.1. The first-order valence-electron chi connectivity index (χ1n) is 8.16. The van der Waals surface area contributed by atoms with Crippen molar-refractivity contribution in [1.82, 2.24) is 10.2 Å². The Morgan fingerprint density at radius 3 is 2.52 bits per heavy atom. The molecule has 0 aromatic carbocycles. The van der Waals surface area contributed by atoms with Crippen LogP contribution < -0.4 is 5.32 Å². The van der Waals surface area contributed by atoms with Crippen molar-refractivity contribution < 1.29 is 9.59 Å². The summed E-state index contributed by atoms with van der Waals surface area (Å²) in [5.74, 6) is 0.134. The molecule has 0 radical (unpaired) electrons. The molecule has 2 aliphatic rings. The van der Waals surface area contributed by atoms with E-state index in [1.165, 1.54) is 6.42 Å². The molecule has 2 rings (SSSR count). The van der Waals surface area contributed by atoms with Gasteiger partial charge in [0.1, 0.15) is 11.6 Å². The molecule has 1 saturated heterocycles. The lowest BCUT2D eigenvalue weighted by atomic mass is 9.86. The van der Waals surface area contributed by atoms with E-state index in [-0.39, 0.29) is 23.9 Å². The topological polar surface area (TPSA) is 49.4 Å². The summed E-state index contributed by atoms with van der Waals surface area (Å²) >= 11 is 1.85. The zero-order chi connectivity index (χ0) is 15.6. The van der Waals surface area contributed by atoms with Crippen LogP contribution in [0.4, 0.5) is 0 Å². The minimum Gasteiger partial charge on any atom is -0.340 e. The van der Waals surface area contributed by atoms with Crippen molar-refractivity contribution in [2.24, 2.45) is 0 Å². The average Bonchev–Trinajstić information content (AvgIpc) is 2.50. The fourth-order valence-corrected chi connectivity index (χ4v) is 4.62. The molecule has 5 heteroatoms. The van der Waals surface area contributed by atoms with Gasteiger partial charge in [-0.25, -0.2) is 0 Å². The zero-order valence-electron chi connectivity index (χ0n) is 13.6. The van der Waals surface area contributed by atoms with Gasteiger partial charge in [0, 0.05) is 11.3 Å². The molecule has 0 spiro atoms. The summed E-state index contributed by atoms with van der Waals surface area (Å²) in [5.41, 5.74) is -0.733. The molecule has 21 heavy (non-hydrogen) atoms. The minimum atomic E-state index is -0.733. The van der Waals surface area contributed by atoms with Crippen LogP contribution >= 0.6 is 11.8 Å². The van der Waals surface area contributed by atoms with Crippen LogP contribution in [0.5, 0.6) is 0 Å². The minimum absolute atomic E-state index is 0.0203. The van der Waals surface area contributed by atoms with Gasteiger partial charge in [-0.3, -0.25) is 9.59 Å². The average molecular weight is 312 g/mol. The van der Waals surface area contributed by atoms with E-state index in [1.807, 2.05) is 37.4 Å². The van der Waals surface area contributed by atoms with Gasteiger partial charge in [-0.2, -0.15) is 11.8 Å². The van der Waals surface area contributed by atoms with Crippen molar-refractivity contribution in [1.29, 1.82) is 0 Å². The molecule has 1 aliphatic carbocycles. The lowest BCUT2D eigenvalue weighted by molar-refractivity contribution is -0.158. The van der Waals surface area contributed by atoms with Gasteiger partial charge in [0.15, 0.2) is 0 Å². The van der Waals surface area contributed by atoms with Crippen LogP contribution in [0.1, 0.15) is 59.3 Å². The van der Waals surface area contributed by atoms with Gasteiger partial charge >= 0.3 is 0 Å². The number of hydrogen-bond donors (Lipinski definition) is 1. The predicted molar refractivity (Wildman–Crippen MR) is 87.3 cm³/mol. The van der Waals surface area contributed by atoms with Crippen molar-refractivity contribution in [3.8, 4) is 0 Å². The van der Waals surface area contributed by atoms with E-state index in [4.69, 9.17) is 0 Å². The standard InChI is InChI=1S/C16H28N2O2S/c1-5-11-14(19)17-16(3,6-2)15(20)18(11)12-9-7-8-10-13(12)21-4/h11-13H,5-10H2,1-4H3,(H,17,19). The van der Waals surface area contributed by atoms with Crippen molar-refractivity contribution in [3.05, 3.63) is 0 Å². The first kappa shape index (κ1) is 16.7. The highest BCUT2D eigenvalue weighted by Gasteiger charge is 2.50. The fourth-order valence-electron chi connectivity index (χ4n) is 3.64. The molecule has 1 N–H and O–H groups in total. The Labute approximate surface area is 132 Å². The number of piperazine rings is 1. The second kappa shape index (κ2) is 6.59. The molecule has 1 heterocycles. The highest BCUT2D eigenvalue weighted by atomic mass is 32.2. The maximum atomic E-state index is 13.1. The number of rotatable bonds is 4. The number of thioether (sulfide) groups is 1. The Balaban J connectivity index is 2.35. The van der Waals surface area contributed by atoms with E-state index in [2.05, 4.69) is 11.6 Å². The summed E-state index contributed by atoms with van der Waals surface area (Å²) in [4.78, 5) is 27.5. The summed E-state index contributed by atoms with van der Waals surface area (Å²) in [6.07, 6.45) is 8.02. The smallest absolute Gasteiger partial charge is 0.248 e. The number of carbonyl (C=O) groups excluding carboxylic acids is 2. The summed E-state index contributed by atoms with van der Waals surface area (Å²) < 4.78 is 0. The lowest BCUT2D eigenvalue weighted by Crippen LogP contribution is -2.71. The molecule has 4 nitrogen and oxygen atoms in total. The monoisotopic (exact) mass is 312 g/mol. The molecule has 1 saturated carbocycles. The first-order valence-corrected chi connectivity index (χ1v) is 9.44. The van der Waals surface area contributed by atoms with Crippen LogP contribution in [0.25, 0.3) is 0 Å². The molecule has 2 amide bonds. The Kier molecular flexibility index (Phi) is 5.23. The third-order valence-electron chi connectivity index (χ3n) is 5.17. The third kappa shape index (κ3) is 2.94. The lowest BCUT2D eigenvalue weighted by Gasteiger charge is -2.50. The molecule has 2 fully saturated rings. The van der Waals surface area contributed by atoms with Crippen LogP contribution in [0.3, 0.4) is 0 Å². The van der Waals surface area contributed by atoms with Crippen LogP contribution in [0.15, 0.2) is 0 Å². The van der Waals surface area contributed by atoms with E-state index < -0.39 is 5.54 Å². The molecule has 0 aromatic rings. The van der Waals surface area contributed by atoms with Crippen LogP contribution in [-0.2, 0) is 9.59 Å². The van der Waals surface area contributed by atoms with Gasteiger partial charge in [-0.1, -0.05) is 26.7 Å². The molecule has 1 aliphatic heterocycles. The molecule has 0 aromatic heterocycles. The molecular formula is C16H28N2O2S. The van der Waals surface area contributed by atoms with Gasteiger partial charge in [-0.15, -0.1) is 0 Å². The molecule has 4 unspecified atom stereocenters. The Morgan fingerprint density at radius 2 is 1.95 bits per heavy atom. The van der Waals surface area contributed by atoms with E-state index in [0.717, 1.165) is 19.3 Å². The Morgan fingerprint density at radius 1 is 1.29 bits per heavy atom. The summed E-state index contributed by atoms with van der Waals surface area (Å²) in [6, 6.07) is -0.0852. The number of amides is 2. The molecule has 0 bridgehead atoms. The number of nitrogens with zero attached hydrogens (tertiary/aromatic N) is 1. The number of nitrogens with one attached hydrogen (secondary N) is 1. The van der Waals surface area contributed by atoms with E-state index in [9.17, 15) is 9.59 Å². The van der Waals surface area contributed by atoms with Crippen molar-refractivity contribution in [2.75, 3.05) is 6.26 Å². The fraction of sp³-hybridized carbons (Fsp3) is 0.875. The normalized spacial score (nSPS) is 37.5. The largest absolute Gasteiger partial charge is 0.340 e. The highest BCUT2D eigenvalue weighted by molar-refractivity contribution is 7.99. The van der Waals surface area contributed by atoms with Gasteiger partial charge < -0.3 is 10.2 Å². The Hall–Kier alpha value is -0.710. The van der Waals surface area contributed by atoms with Crippen LogP contribution in [0, 0.1) is 0 Å². The zero-order valence-corrected chi connectivity index (χ0v) is 14.5. The second-order valence-corrected chi connectivity index (χ2v) is 7.51. The second-order valence-electron chi connectivity index (χ2n) is 6.44. The summed E-state index contributed by atoms with van der Waals surface area (Å²) in [7, 11) is 0. The maximum Gasteiger partial charge on any atom is 0.248 e. The molecule has 120 valence electrons. The highest BCUT2D eigenvalue weighted by Crippen LogP contribution is 2.35. The van der Waals surface area contributed by atoms with Gasteiger partial charge in [0.25, 0.3) is 0 Å². The van der Waals surface area contributed by atoms with Gasteiger partial charge in [-0.05, 0) is 38.9 Å². The Bertz CT molecular complexity index is 415. The van der Waals surface area contributed by atoms with Crippen molar-refractivity contribution in [3.63, 3.8) is 0 Å². The SMILES string of the molecule is CCC1C(=O)NC(C)(CC)C(=O)N1C1CCCCC1SC. The summed E-state index contributed by atoms with van der Waals surface area (Å²) in [6.45, 7) is 5.83. The van der Waals surface area contributed by atoms with E-state index in [1.54, 1.807) is 0 Å². The molecule has 4 atom stereocenters. The van der Waals surface area contributed by atoms with Crippen molar-refractivity contribution in [2.45, 2.75) is 82.2 Å². The first-order chi connectivity index (χ1) is 9.98. The third-order valence-corrected chi connectivity index (χ3v) is 6.32. The number of carbonyl (C=O) groups is 2.